The molecule has 0 aromatic heterocycles. The number of aliphatic carboxylic acids is 1. The van der Waals surface area contributed by atoms with E-state index in [1.54, 1.807) is 0 Å². The quantitative estimate of drug-likeness (QED) is 0.510. The summed E-state index contributed by atoms with van der Waals surface area (Å²) in [6.45, 7) is 2.97. The molecule has 2 N–H and O–H groups in total. The molecular formula is C6H7ClN2O3. The number of hydrogen-bond donors (Lipinski definition) is 2. The number of rotatable bonds is 3. The average Bonchev–Trinajstić information content (AvgIpc) is 2.03. The van der Waals surface area contributed by atoms with Crippen LogP contribution in [0.2, 0.25) is 0 Å². The van der Waals surface area contributed by atoms with E-state index in [1.807, 2.05) is 0 Å². The molecule has 0 rings (SSSR count). The number of aliphatic hydroxyl groups is 1. The van der Waals surface area contributed by atoms with E-state index in [0.29, 0.717) is 0 Å². The molecule has 0 spiro atoms. The molecule has 0 aromatic carbocycles. The third kappa shape index (κ3) is 2.35. The van der Waals surface area contributed by atoms with Crippen LogP contribution in [0.5, 0.6) is 0 Å². The van der Waals surface area contributed by atoms with Crippen molar-refractivity contribution in [3.05, 3.63) is 10.9 Å². The molecule has 0 atom stereocenters. The number of hydrogen-bond acceptors (Lipinski definition) is 4. The molecule has 5 nitrogen and oxygen atoms in total. The Morgan fingerprint density at radius 3 is 2.25 bits per heavy atom. The number of aliphatic hydroxyl groups excluding tert-OH is 1. The van der Waals surface area contributed by atoms with Crippen LogP contribution in [0.15, 0.2) is 20.9 Å². The van der Waals surface area contributed by atoms with Gasteiger partial charge in [0.15, 0.2) is 5.71 Å². The molecule has 0 radical (unpaired) electrons. The number of halogens is 1. The fourth-order valence-corrected chi connectivity index (χ4v) is 0.688. The van der Waals surface area contributed by atoms with E-state index in [-0.39, 0.29) is 0 Å². The smallest absolute Gasteiger partial charge is 0.355 e. The summed E-state index contributed by atoms with van der Waals surface area (Å²) in [6, 6.07) is 0. The highest BCUT2D eigenvalue weighted by Crippen LogP contribution is 2.10. The third-order valence-corrected chi connectivity index (χ3v) is 1.33. The van der Waals surface area contributed by atoms with Gasteiger partial charge in [-0.1, -0.05) is 11.6 Å². The van der Waals surface area contributed by atoms with Crippen molar-refractivity contribution in [3.63, 3.8) is 0 Å². The summed E-state index contributed by atoms with van der Waals surface area (Å²) in [5, 5.41) is 16.9. The van der Waals surface area contributed by atoms with Gasteiger partial charge < -0.3 is 10.2 Å². The van der Waals surface area contributed by atoms with Crippen LogP contribution in [-0.2, 0) is 4.79 Å². The Kier molecular flexibility index (Phi) is 3.99. The van der Waals surface area contributed by atoms with Crippen LogP contribution in [0, 0.1) is 0 Å². The van der Waals surface area contributed by atoms with Crippen molar-refractivity contribution in [2.45, 2.75) is 0 Å². The van der Waals surface area contributed by atoms with Crippen molar-refractivity contribution in [3.8, 4) is 0 Å². The molecule has 6 heteroatoms. The molecule has 66 valence electrons. The summed E-state index contributed by atoms with van der Waals surface area (Å²) >= 11 is 5.38. The second-order valence-electron chi connectivity index (χ2n) is 1.67. The number of carboxylic acid groups (broad SMARTS) is 1. The number of nitrogens with zero attached hydrogens (tertiary/aromatic N) is 2. The highest BCUT2D eigenvalue weighted by molar-refractivity contribution is 6.58. The SMILES string of the molecule is C=N/C(O)=C(Cl)\C(=N/C)C(=O)O. The Morgan fingerprint density at radius 2 is 2.00 bits per heavy atom. The normalized spacial score (nSPS) is 13.7. The molecule has 0 fully saturated rings. The van der Waals surface area contributed by atoms with Gasteiger partial charge in [0.05, 0.1) is 0 Å². The summed E-state index contributed by atoms with van der Waals surface area (Å²) in [5.74, 6) is -1.99. The van der Waals surface area contributed by atoms with Crippen LogP contribution in [-0.4, -0.2) is 35.7 Å². The predicted molar refractivity (Wildman–Crippen MR) is 46.1 cm³/mol. The summed E-state index contributed by atoms with van der Waals surface area (Å²) in [7, 11) is 1.24. The van der Waals surface area contributed by atoms with Crippen LogP contribution in [0.3, 0.4) is 0 Å². The first kappa shape index (κ1) is 10.6. The molecule has 0 aliphatic heterocycles. The zero-order valence-electron chi connectivity index (χ0n) is 6.28. The Balaban J connectivity index is 5.03. The van der Waals surface area contributed by atoms with Crippen LogP contribution in [0.4, 0.5) is 0 Å². The van der Waals surface area contributed by atoms with Crippen LogP contribution in [0.25, 0.3) is 0 Å². The van der Waals surface area contributed by atoms with Crippen LogP contribution in [0.1, 0.15) is 0 Å². The second-order valence-corrected chi connectivity index (χ2v) is 2.05. The monoisotopic (exact) mass is 190 g/mol. The zero-order valence-corrected chi connectivity index (χ0v) is 7.04. The maximum absolute atomic E-state index is 10.4. The molecule has 0 aliphatic rings. The van der Waals surface area contributed by atoms with Gasteiger partial charge in [-0.05, 0) is 6.72 Å². The maximum atomic E-state index is 10.4. The Labute approximate surface area is 73.7 Å². The summed E-state index contributed by atoms with van der Waals surface area (Å²) in [6.07, 6.45) is 0. The van der Waals surface area contributed by atoms with E-state index in [2.05, 4.69) is 16.7 Å². The van der Waals surface area contributed by atoms with E-state index < -0.39 is 22.6 Å². The van der Waals surface area contributed by atoms with Gasteiger partial charge in [0.25, 0.3) is 0 Å². The third-order valence-electron chi connectivity index (χ3n) is 0.980. The fraction of sp³-hybridized carbons (Fsp3) is 0.167. The minimum atomic E-state index is -1.34. The van der Waals surface area contributed by atoms with Crippen molar-refractivity contribution < 1.29 is 15.0 Å². The van der Waals surface area contributed by atoms with E-state index in [4.69, 9.17) is 21.8 Å². The molecule has 0 saturated heterocycles. The molecule has 0 amide bonds. The van der Waals surface area contributed by atoms with E-state index in [9.17, 15) is 4.79 Å². The van der Waals surface area contributed by atoms with Gasteiger partial charge in [-0.2, -0.15) is 0 Å². The maximum Gasteiger partial charge on any atom is 0.355 e. The second kappa shape index (κ2) is 4.50. The summed E-state index contributed by atoms with van der Waals surface area (Å²) in [4.78, 5) is 16.8. The van der Waals surface area contributed by atoms with Gasteiger partial charge in [0, 0.05) is 7.05 Å². The molecular weight excluding hydrogens is 184 g/mol. The number of carboxylic acids is 1. The first-order chi connectivity index (χ1) is 5.54. The first-order valence-corrected chi connectivity index (χ1v) is 3.18. The fourth-order valence-electron chi connectivity index (χ4n) is 0.463. The first-order valence-electron chi connectivity index (χ1n) is 2.80. The highest BCUT2D eigenvalue weighted by Gasteiger charge is 2.16. The molecule has 0 aliphatic carbocycles. The molecule has 0 bridgehead atoms. The van der Waals surface area contributed by atoms with Gasteiger partial charge in [0.1, 0.15) is 5.03 Å². The van der Waals surface area contributed by atoms with Gasteiger partial charge in [-0.3, -0.25) is 4.99 Å². The van der Waals surface area contributed by atoms with Crippen LogP contribution >= 0.6 is 11.6 Å². The number of carbonyl (C=O) groups is 1. The molecule has 0 aromatic rings. The minimum absolute atomic E-state index is 0.431. The topological polar surface area (TPSA) is 82.2 Å². The van der Waals surface area contributed by atoms with Gasteiger partial charge in [0.2, 0.25) is 5.88 Å². The van der Waals surface area contributed by atoms with Crippen molar-refractivity contribution >= 4 is 30.0 Å². The highest BCUT2D eigenvalue weighted by atomic mass is 35.5. The van der Waals surface area contributed by atoms with Crippen molar-refractivity contribution in [2.75, 3.05) is 7.05 Å². The van der Waals surface area contributed by atoms with Crippen molar-refractivity contribution in [1.29, 1.82) is 0 Å². The largest absolute Gasteiger partial charge is 0.492 e. The van der Waals surface area contributed by atoms with Gasteiger partial charge in [-0.15, -0.1) is 0 Å². The molecule has 0 heterocycles. The Bertz CT molecular complexity index is 270. The summed E-state index contributed by atoms with van der Waals surface area (Å²) in [5.41, 5.74) is -0.457. The standard InChI is InChI=1S/C6H7ClN2O3/c1-8-4(6(11)12)3(7)5(10)9-2/h10H,2H2,1H3,(H,11,12)/b5-3-,8-4+. The minimum Gasteiger partial charge on any atom is -0.492 e. The Morgan fingerprint density at radius 1 is 1.50 bits per heavy atom. The molecule has 12 heavy (non-hydrogen) atoms. The van der Waals surface area contributed by atoms with E-state index in [0.717, 1.165) is 0 Å². The van der Waals surface area contributed by atoms with E-state index >= 15 is 0 Å². The molecule has 0 saturated carbocycles. The van der Waals surface area contributed by atoms with Crippen molar-refractivity contribution in [2.24, 2.45) is 9.98 Å². The Hall–Kier alpha value is -1.36. The summed E-state index contributed by atoms with van der Waals surface area (Å²) < 4.78 is 0. The average molecular weight is 191 g/mol. The predicted octanol–water partition coefficient (Wildman–Crippen LogP) is 0.808. The van der Waals surface area contributed by atoms with Crippen LogP contribution < -0.4 is 0 Å². The lowest BCUT2D eigenvalue weighted by atomic mass is 10.3. The lowest BCUT2D eigenvalue weighted by molar-refractivity contribution is -0.129. The lowest BCUT2D eigenvalue weighted by Crippen LogP contribution is -2.14. The van der Waals surface area contributed by atoms with Gasteiger partial charge >= 0.3 is 5.97 Å². The number of aliphatic imine (C=N–C) groups is 2. The molecule has 0 unspecified atom stereocenters. The van der Waals surface area contributed by atoms with Gasteiger partial charge in [-0.25, -0.2) is 9.79 Å². The lowest BCUT2D eigenvalue weighted by Gasteiger charge is -1.97. The van der Waals surface area contributed by atoms with E-state index in [1.165, 1.54) is 7.05 Å². The zero-order chi connectivity index (χ0) is 9.72. The van der Waals surface area contributed by atoms with Crippen molar-refractivity contribution in [1.82, 2.24) is 0 Å².